The van der Waals surface area contributed by atoms with E-state index in [1.807, 2.05) is 0 Å². The molecule has 1 heterocycles. The normalized spacial score (nSPS) is 16.5. The molecular formula is C16H8BrClFNOS2. The highest BCUT2D eigenvalue weighted by molar-refractivity contribution is 9.10. The van der Waals surface area contributed by atoms with Crippen LogP contribution in [0.5, 0.6) is 0 Å². The predicted molar refractivity (Wildman–Crippen MR) is 101 cm³/mol. The molecule has 2 aromatic carbocycles. The molecule has 0 spiro atoms. The summed E-state index contributed by atoms with van der Waals surface area (Å²) in [4.78, 5) is 14.4. The van der Waals surface area contributed by atoms with Gasteiger partial charge in [0.05, 0.1) is 10.6 Å². The summed E-state index contributed by atoms with van der Waals surface area (Å²) in [5, 5.41) is 0.513. The van der Waals surface area contributed by atoms with Crippen LogP contribution in [0.25, 0.3) is 6.08 Å². The molecule has 3 rings (SSSR count). The van der Waals surface area contributed by atoms with Gasteiger partial charge >= 0.3 is 0 Å². The molecular weight excluding hydrogens is 421 g/mol. The number of nitrogens with zero attached hydrogens (tertiary/aromatic N) is 1. The Balaban J connectivity index is 1.98. The van der Waals surface area contributed by atoms with Crippen molar-refractivity contribution in [2.45, 2.75) is 0 Å². The highest BCUT2D eigenvalue weighted by Gasteiger charge is 2.33. The first-order chi connectivity index (χ1) is 11.0. The Morgan fingerprint density at radius 3 is 2.78 bits per heavy atom. The van der Waals surface area contributed by atoms with E-state index >= 15 is 0 Å². The summed E-state index contributed by atoms with van der Waals surface area (Å²) >= 11 is 15.7. The minimum atomic E-state index is -0.402. The van der Waals surface area contributed by atoms with Gasteiger partial charge in [-0.1, -0.05) is 57.6 Å². The van der Waals surface area contributed by atoms with Gasteiger partial charge in [0.25, 0.3) is 5.91 Å². The molecule has 7 heteroatoms. The lowest BCUT2D eigenvalue weighted by Crippen LogP contribution is -2.27. The standard InChI is InChI=1S/C16H8BrClFNOS2/c17-10-4-5-13(19)9(6-10)7-14-15(21)20(16(22)23-14)12-3-1-2-11(18)8-12/h1-8H/b14-7+. The SMILES string of the molecule is O=C1/C(=C\c2cc(Br)ccc2F)SC(=S)N1c1cccc(Cl)c1. The lowest BCUT2D eigenvalue weighted by Gasteiger charge is -2.14. The zero-order valence-electron chi connectivity index (χ0n) is 11.4. The Bertz CT molecular complexity index is 856. The highest BCUT2D eigenvalue weighted by Crippen LogP contribution is 2.37. The summed E-state index contributed by atoms with van der Waals surface area (Å²) in [6.07, 6.45) is 1.50. The molecule has 23 heavy (non-hydrogen) atoms. The van der Waals surface area contributed by atoms with E-state index in [1.54, 1.807) is 36.4 Å². The third-order valence-electron chi connectivity index (χ3n) is 3.10. The van der Waals surface area contributed by atoms with E-state index in [4.69, 9.17) is 23.8 Å². The maximum atomic E-state index is 13.9. The van der Waals surface area contributed by atoms with Crippen molar-refractivity contribution >= 4 is 73.5 Å². The fourth-order valence-electron chi connectivity index (χ4n) is 2.07. The van der Waals surface area contributed by atoms with E-state index in [1.165, 1.54) is 17.0 Å². The number of carbonyl (C=O) groups is 1. The Morgan fingerprint density at radius 2 is 2.04 bits per heavy atom. The largest absolute Gasteiger partial charge is 0.270 e. The molecule has 2 aromatic rings. The average molecular weight is 429 g/mol. The van der Waals surface area contributed by atoms with Gasteiger partial charge < -0.3 is 0 Å². The van der Waals surface area contributed by atoms with E-state index in [0.29, 0.717) is 25.5 Å². The number of benzene rings is 2. The zero-order valence-corrected chi connectivity index (χ0v) is 15.4. The minimum absolute atomic E-state index is 0.290. The van der Waals surface area contributed by atoms with Crippen molar-refractivity contribution in [3.8, 4) is 0 Å². The van der Waals surface area contributed by atoms with Gasteiger partial charge in [0.1, 0.15) is 5.82 Å². The van der Waals surface area contributed by atoms with E-state index in [-0.39, 0.29) is 5.91 Å². The van der Waals surface area contributed by atoms with E-state index in [0.717, 1.165) is 16.2 Å². The fourth-order valence-corrected chi connectivity index (χ4v) is 3.93. The predicted octanol–water partition coefficient (Wildman–Crippen LogP) is 5.65. The second-order valence-electron chi connectivity index (χ2n) is 4.66. The number of thioether (sulfide) groups is 1. The van der Waals surface area contributed by atoms with Crippen LogP contribution < -0.4 is 4.90 Å². The van der Waals surface area contributed by atoms with Crippen LogP contribution in [0.1, 0.15) is 5.56 Å². The monoisotopic (exact) mass is 427 g/mol. The van der Waals surface area contributed by atoms with Gasteiger partial charge in [-0.2, -0.15) is 0 Å². The Hall–Kier alpha value is -1.21. The van der Waals surface area contributed by atoms with E-state index in [9.17, 15) is 9.18 Å². The Morgan fingerprint density at radius 1 is 1.26 bits per heavy atom. The molecule has 0 radical (unpaired) electrons. The minimum Gasteiger partial charge on any atom is -0.268 e. The second kappa shape index (κ2) is 6.73. The molecule has 116 valence electrons. The number of amides is 1. The molecule has 0 atom stereocenters. The molecule has 0 unspecified atom stereocenters. The molecule has 1 aliphatic heterocycles. The van der Waals surface area contributed by atoms with Gasteiger partial charge in [0.15, 0.2) is 4.32 Å². The summed E-state index contributed by atoms with van der Waals surface area (Å²) in [5.74, 6) is -0.692. The van der Waals surface area contributed by atoms with Gasteiger partial charge in [0.2, 0.25) is 0 Å². The maximum Gasteiger partial charge on any atom is 0.270 e. The smallest absolute Gasteiger partial charge is 0.268 e. The average Bonchev–Trinajstić information content (AvgIpc) is 2.77. The molecule has 0 saturated carbocycles. The van der Waals surface area contributed by atoms with Crippen molar-refractivity contribution in [2.24, 2.45) is 0 Å². The van der Waals surface area contributed by atoms with Crippen molar-refractivity contribution in [1.29, 1.82) is 0 Å². The summed E-state index contributed by atoms with van der Waals surface area (Å²) in [6.45, 7) is 0. The molecule has 1 saturated heterocycles. The van der Waals surface area contributed by atoms with Crippen LogP contribution in [-0.2, 0) is 4.79 Å². The quantitative estimate of drug-likeness (QED) is 0.455. The first-order valence-electron chi connectivity index (χ1n) is 6.44. The number of hydrogen-bond donors (Lipinski definition) is 0. The van der Waals surface area contributed by atoms with Crippen LogP contribution in [0.4, 0.5) is 10.1 Å². The van der Waals surface area contributed by atoms with Crippen molar-refractivity contribution in [3.63, 3.8) is 0 Å². The van der Waals surface area contributed by atoms with Gasteiger partial charge in [-0.25, -0.2) is 4.39 Å². The molecule has 1 fully saturated rings. The van der Waals surface area contributed by atoms with Crippen molar-refractivity contribution in [2.75, 3.05) is 4.90 Å². The lowest BCUT2D eigenvalue weighted by molar-refractivity contribution is -0.113. The van der Waals surface area contributed by atoms with Gasteiger partial charge in [0, 0.05) is 15.1 Å². The van der Waals surface area contributed by atoms with Gasteiger partial charge in [-0.15, -0.1) is 0 Å². The van der Waals surface area contributed by atoms with E-state index < -0.39 is 5.82 Å². The Kier molecular flexibility index (Phi) is 4.87. The zero-order chi connectivity index (χ0) is 16.6. The molecule has 0 N–H and O–H groups in total. The number of hydrogen-bond acceptors (Lipinski definition) is 3. The first-order valence-corrected chi connectivity index (χ1v) is 8.84. The molecule has 1 aliphatic rings. The van der Waals surface area contributed by atoms with E-state index in [2.05, 4.69) is 15.9 Å². The van der Waals surface area contributed by atoms with Crippen molar-refractivity contribution < 1.29 is 9.18 Å². The number of anilines is 1. The number of rotatable bonds is 2. The van der Waals surface area contributed by atoms with Crippen LogP contribution >= 0.6 is 51.5 Å². The summed E-state index contributed by atoms with van der Waals surface area (Å²) in [6, 6.07) is 11.4. The number of thiocarbonyl (C=S) groups is 1. The molecule has 0 bridgehead atoms. The Labute approximate surface area is 155 Å². The number of carbonyl (C=O) groups excluding carboxylic acids is 1. The highest BCUT2D eigenvalue weighted by atomic mass is 79.9. The summed E-state index contributed by atoms with van der Waals surface area (Å²) in [7, 11) is 0. The van der Waals surface area contributed by atoms with Crippen LogP contribution in [0.2, 0.25) is 5.02 Å². The summed E-state index contributed by atoms with van der Waals surface area (Å²) < 4.78 is 15.0. The third kappa shape index (κ3) is 3.50. The molecule has 2 nitrogen and oxygen atoms in total. The van der Waals surface area contributed by atoms with Crippen LogP contribution in [0.15, 0.2) is 51.8 Å². The van der Waals surface area contributed by atoms with Crippen molar-refractivity contribution in [3.05, 3.63) is 68.2 Å². The van der Waals surface area contributed by atoms with Crippen LogP contribution in [0.3, 0.4) is 0 Å². The molecule has 1 amide bonds. The van der Waals surface area contributed by atoms with Gasteiger partial charge in [-0.3, -0.25) is 9.69 Å². The van der Waals surface area contributed by atoms with Crippen LogP contribution in [0, 0.1) is 5.82 Å². The van der Waals surface area contributed by atoms with Crippen LogP contribution in [-0.4, -0.2) is 10.2 Å². The number of halogens is 3. The summed E-state index contributed by atoms with van der Waals surface area (Å²) in [5.41, 5.74) is 0.920. The van der Waals surface area contributed by atoms with Gasteiger partial charge in [-0.05, 0) is 42.5 Å². The second-order valence-corrected chi connectivity index (χ2v) is 7.69. The first kappa shape index (κ1) is 16.6. The fraction of sp³-hybridized carbons (Fsp3) is 0. The third-order valence-corrected chi connectivity index (χ3v) is 5.14. The van der Waals surface area contributed by atoms with Crippen molar-refractivity contribution in [1.82, 2.24) is 0 Å². The maximum absolute atomic E-state index is 13.9. The molecule has 0 aromatic heterocycles. The topological polar surface area (TPSA) is 20.3 Å². The lowest BCUT2D eigenvalue weighted by atomic mass is 10.2. The molecule has 0 aliphatic carbocycles.